The second kappa shape index (κ2) is 6.61. The minimum absolute atomic E-state index is 0.156. The van der Waals surface area contributed by atoms with Gasteiger partial charge in [0.15, 0.2) is 5.82 Å². The van der Waals surface area contributed by atoms with Crippen LogP contribution in [-0.2, 0) is 6.54 Å². The number of carbonyl (C=O) groups excluding carboxylic acids is 1. The lowest BCUT2D eigenvalue weighted by Gasteiger charge is -2.07. The zero-order valence-corrected chi connectivity index (χ0v) is 13.6. The normalized spacial score (nSPS) is 10.7. The van der Waals surface area contributed by atoms with Crippen LogP contribution in [0.25, 0.3) is 10.8 Å². The van der Waals surface area contributed by atoms with E-state index in [1.165, 1.54) is 16.3 Å². The van der Waals surface area contributed by atoms with Crippen molar-refractivity contribution in [1.29, 1.82) is 0 Å². The van der Waals surface area contributed by atoms with Gasteiger partial charge in [-0.25, -0.2) is 0 Å². The van der Waals surface area contributed by atoms with Crippen LogP contribution in [0.4, 0.5) is 5.82 Å². The number of amides is 1. The summed E-state index contributed by atoms with van der Waals surface area (Å²) in [7, 11) is 0. The molecule has 0 radical (unpaired) electrons. The molecule has 0 saturated carbocycles. The molecule has 0 spiro atoms. The molecule has 1 heterocycles. The van der Waals surface area contributed by atoms with Gasteiger partial charge in [0.05, 0.1) is 6.54 Å². The van der Waals surface area contributed by atoms with Crippen LogP contribution in [0.15, 0.2) is 85.1 Å². The summed E-state index contributed by atoms with van der Waals surface area (Å²) in [5.41, 5.74) is 1.81. The first-order valence-corrected chi connectivity index (χ1v) is 8.16. The van der Waals surface area contributed by atoms with Crippen molar-refractivity contribution in [3.63, 3.8) is 0 Å². The van der Waals surface area contributed by atoms with Crippen LogP contribution < -0.4 is 5.32 Å². The van der Waals surface area contributed by atoms with Gasteiger partial charge in [0.1, 0.15) is 0 Å². The topological polar surface area (TPSA) is 46.9 Å². The number of hydrogen-bond donors (Lipinski definition) is 1. The zero-order valence-electron chi connectivity index (χ0n) is 13.6. The quantitative estimate of drug-likeness (QED) is 0.606. The van der Waals surface area contributed by atoms with E-state index in [1.807, 2.05) is 47.3 Å². The average molecular weight is 327 g/mol. The van der Waals surface area contributed by atoms with E-state index >= 15 is 0 Å². The van der Waals surface area contributed by atoms with Crippen molar-refractivity contribution in [2.24, 2.45) is 0 Å². The van der Waals surface area contributed by atoms with Crippen molar-refractivity contribution in [3.05, 3.63) is 96.2 Å². The third-order valence-electron chi connectivity index (χ3n) is 4.13. The van der Waals surface area contributed by atoms with E-state index < -0.39 is 0 Å². The predicted molar refractivity (Wildman–Crippen MR) is 99.7 cm³/mol. The van der Waals surface area contributed by atoms with Crippen LogP contribution in [0.2, 0.25) is 0 Å². The highest BCUT2D eigenvalue weighted by Gasteiger charge is 2.08. The Hall–Kier alpha value is -3.40. The predicted octanol–water partition coefficient (Wildman–Crippen LogP) is 4.34. The van der Waals surface area contributed by atoms with E-state index in [0.717, 1.165) is 0 Å². The van der Waals surface area contributed by atoms with Gasteiger partial charge in [0.2, 0.25) is 0 Å². The monoisotopic (exact) mass is 327 g/mol. The average Bonchev–Trinajstić information content (AvgIpc) is 3.09. The lowest BCUT2D eigenvalue weighted by Crippen LogP contribution is -2.12. The highest BCUT2D eigenvalue weighted by atomic mass is 16.1. The second-order valence-electron chi connectivity index (χ2n) is 5.86. The summed E-state index contributed by atoms with van der Waals surface area (Å²) < 4.78 is 1.84. The maximum absolute atomic E-state index is 12.2. The van der Waals surface area contributed by atoms with Crippen molar-refractivity contribution in [2.45, 2.75) is 6.54 Å². The van der Waals surface area contributed by atoms with Gasteiger partial charge in [-0.1, -0.05) is 60.7 Å². The molecule has 0 atom stereocenters. The third-order valence-corrected chi connectivity index (χ3v) is 4.13. The van der Waals surface area contributed by atoms with Crippen molar-refractivity contribution in [2.75, 3.05) is 5.32 Å². The molecule has 3 aromatic carbocycles. The van der Waals surface area contributed by atoms with Gasteiger partial charge in [0, 0.05) is 17.8 Å². The molecule has 0 unspecified atom stereocenters. The molecule has 0 fully saturated rings. The molecule has 0 bridgehead atoms. The largest absolute Gasteiger partial charge is 0.305 e. The number of benzene rings is 3. The second-order valence-corrected chi connectivity index (χ2v) is 5.86. The molecule has 1 amide bonds. The van der Waals surface area contributed by atoms with Gasteiger partial charge >= 0.3 is 0 Å². The SMILES string of the molecule is O=C(Nc1ccn(Cc2cccc3ccccc23)n1)c1ccccc1. The fourth-order valence-corrected chi connectivity index (χ4v) is 2.90. The van der Waals surface area contributed by atoms with E-state index in [1.54, 1.807) is 12.1 Å². The zero-order chi connectivity index (χ0) is 17.1. The number of fused-ring (bicyclic) bond motifs is 1. The molecule has 0 aliphatic rings. The van der Waals surface area contributed by atoms with E-state index in [0.29, 0.717) is 17.9 Å². The fraction of sp³-hybridized carbons (Fsp3) is 0.0476. The lowest BCUT2D eigenvalue weighted by molar-refractivity contribution is 0.102. The summed E-state index contributed by atoms with van der Waals surface area (Å²) in [5.74, 6) is 0.394. The summed E-state index contributed by atoms with van der Waals surface area (Å²) in [4.78, 5) is 12.2. The highest BCUT2D eigenvalue weighted by molar-refractivity contribution is 6.03. The minimum atomic E-state index is -0.156. The third kappa shape index (κ3) is 3.28. The number of hydrogen-bond acceptors (Lipinski definition) is 2. The molecule has 0 aliphatic carbocycles. The van der Waals surface area contributed by atoms with Crippen LogP contribution >= 0.6 is 0 Å². The molecule has 4 aromatic rings. The Morgan fingerprint density at radius 1 is 0.880 bits per heavy atom. The lowest BCUT2D eigenvalue weighted by atomic mass is 10.0. The standard InChI is InChI=1S/C21H17N3O/c25-21(17-8-2-1-3-9-17)22-20-13-14-24(23-20)15-18-11-6-10-16-7-4-5-12-19(16)18/h1-14H,15H2,(H,22,23,25). The van der Waals surface area contributed by atoms with Crippen LogP contribution in [0.5, 0.6) is 0 Å². The maximum atomic E-state index is 12.2. The molecular weight excluding hydrogens is 310 g/mol. The smallest absolute Gasteiger partial charge is 0.256 e. The van der Waals surface area contributed by atoms with Gasteiger partial charge in [-0.2, -0.15) is 5.10 Å². The van der Waals surface area contributed by atoms with E-state index in [4.69, 9.17) is 0 Å². The van der Waals surface area contributed by atoms with Gasteiger partial charge in [-0.05, 0) is 28.5 Å². The Morgan fingerprint density at radius 3 is 2.52 bits per heavy atom. The highest BCUT2D eigenvalue weighted by Crippen LogP contribution is 2.19. The molecule has 0 saturated heterocycles. The summed E-state index contributed by atoms with van der Waals surface area (Å²) in [6, 6.07) is 25.5. The molecule has 4 rings (SSSR count). The van der Waals surface area contributed by atoms with Gasteiger partial charge < -0.3 is 5.32 Å². The number of aromatic nitrogens is 2. The van der Waals surface area contributed by atoms with Crippen molar-refractivity contribution < 1.29 is 4.79 Å². The number of anilines is 1. The number of carbonyl (C=O) groups is 1. The Labute approximate surface area is 145 Å². The first-order valence-electron chi connectivity index (χ1n) is 8.16. The molecule has 4 heteroatoms. The molecular formula is C21H17N3O. The number of nitrogens with zero attached hydrogens (tertiary/aromatic N) is 2. The minimum Gasteiger partial charge on any atom is -0.305 e. The van der Waals surface area contributed by atoms with Crippen molar-refractivity contribution in [1.82, 2.24) is 9.78 Å². The molecule has 122 valence electrons. The molecule has 1 aromatic heterocycles. The molecule has 0 aliphatic heterocycles. The van der Waals surface area contributed by atoms with Crippen LogP contribution in [0.1, 0.15) is 15.9 Å². The van der Waals surface area contributed by atoms with Gasteiger partial charge in [-0.3, -0.25) is 9.48 Å². The maximum Gasteiger partial charge on any atom is 0.256 e. The van der Waals surface area contributed by atoms with Gasteiger partial charge in [0.25, 0.3) is 5.91 Å². The number of nitrogens with one attached hydrogen (secondary N) is 1. The van der Waals surface area contributed by atoms with Crippen molar-refractivity contribution >= 4 is 22.5 Å². The summed E-state index contributed by atoms with van der Waals surface area (Å²) in [6.07, 6.45) is 1.88. The first kappa shape index (κ1) is 15.1. The molecule has 25 heavy (non-hydrogen) atoms. The molecule has 1 N–H and O–H groups in total. The van der Waals surface area contributed by atoms with Crippen LogP contribution in [0.3, 0.4) is 0 Å². The Bertz CT molecular complexity index is 1020. The Morgan fingerprint density at radius 2 is 1.64 bits per heavy atom. The summed E-state index contributed by atoms with van der Waals surface area (Å²) in [6.45, 7) is 0.655. The van der Waals surface area contributed by atoms with Gasteiger partial charge in [-0.15, -0.1) is 0 Å². The van der Waals surface area contributed by atoms with Crippen molar-refractivity contribution in [3.8, 4) is 0 Å². The summed E-state index contributed by atoms with van der Waals surface area (Å²) >= 11 is 0. The molecule has 4 nitrogen and oxygen atoms in total. The van der Waals surface area contributed by atoms with E-state index in [2.05, 4.69) is 40.7 Å². The fourth-order valence-electron chi connectivity index (χ4n) is 2.90. The van der Waals surface area contributed by atoms with Crippen LogP contribution in [0, 0.1) is 0 Å². The Kier molecular flexibility index (Phi) is 4.01. The number of rotatable bonds is 4. The van der Waals surface area contributed by atoms with E-state index in [9.17, 15) is 4.79 Å². The Balaban J connectivity index is 1.52. The van der Waals surface area contributed by atoms with Crippen LogP contribution in [-0.4, -0.2) is 15.7 Å². The first-order chi connectivity index (χ1) is 12.3. The van der Waals surface area contributed by atoms with E-state index in [-0.39, 0.29) is 5.91 Å². The summed E-state index contributed by atoms with van der Waals surface area (Å²) in [5, 5.41) is 9.72.